The SMILES string of the molecule is COC(=O)c1cc(C(F)(F)F)ccc1Nc1ccc(F)cc1CCCN(Cc1nc(OC)ccc1N1C(=O)c2ccccc2C1=O)C(=O)OC(C)(C)C. The van der Waals surface area contributed by atoms with E-state index in [0.717, 1.165) is 30.2 Å². The van der Waals surface area contributed by atoms with Crippen LogP contribution in [0.3, 0.4) is 0 Å². The molecule has 4 aromatic rings. The number of fused-ring (bicyclic) bond motifs is 1. The van der Waals surface area contributed by atoms with Gasteiger partial charge in [0, 0.05) is 18.3 Å². The number of alkyl halides is 3. The van der Waals surface area contributed by atoms with Crippen LogP contribution in [0, 0.1) is 5.82 Å². The van der Waals surface area contributed by atoms with Crippen molar-refractivity contribution in [2.75, 3.05) is 31.0 Å². The summed E-state index contributed by atoms with van der Waals surface area (Å²) in [6.45, 7) is 4.85. The molecular formula is C38H36F4N4O7. The molecule has 0 bridgehead atoms. The van der Waals surface area contributed by atoms with Crippen LogP contribution in [0.15, 0.2) is 72.8 Å². The van der Waals surface area contributed by atoms with Crippen molar-refractivity contribution >= 4 is 40.9 Å². The zero-order valence-electron chi connectivity index (χ0n) is 29.5. The van der Waals surface area contributed by atoms with Crippen LogP contribution in [0.25, 0.3) is 0 Å². The summed E-state index contributed by atoms with van der Waals surface area (Å²) in [4.78, 5) is 59.7. The Balaban J connectivity index is 1.43. The third-order valence-corrected chi connectivity index (χ3v) is 8.12. The Morgan fingerprint density at radius 1 is 0.887 bits per heavy atom. The number of esters is 1. The van der Waals surface area contributed by atoms with E-state index in [0.29, 0.717) is 17.3 Å². The maximum absolute atomic E-state index is 14.6. The number of nitrogens with zero attached hydrogens (tertiary/aromatic N) is 3. The van der Waals surface area contributed by atoms with Crippen LogP contribution < -0.4 is 15.0 Å². The number of carbonyl (C=O) groups is 4. The number of halogens is 4. The van der Waals surface area contributed by atoms with Crippen LogP contribution in [0.4, 0.5) is 39.4 Å². The van der Waals surface area contributed by atoms with E-state index in [2.05, 4.69) is 10.3 Å². The zero-order chi connectivity index (χ0) is 38.7. The summed E-state index contributed by atoms with van der Waals surface area (Å²) < 4.78 is 70.5. The van der Waals surface area contributed by atoms with Gasteiger partial charge in [-0.1, -0.05) is 12.1 Å². The van der Waals surface area contributed by atoms with E-state index in [1.54, 1.807) is 45.0 Å². The average molecular weight is 737 g/mol. The van der Waals surface area contributed by atoms with Crippen molar-refractivity contribution in [1.82, 2.24) is 9.88 Å². The molecular weight excluding hydrogens is 700 g/mol. The first-order valence-corrected chi connectivity index (χ1v) is 16.4. The van der Waals surface area contributed by atoms with E-state index >= 15 is 0 Å². The summed E-state index contributed by atoms with van der Waals surface area (Å²) in [6, 6.07) is 15.7. The van der Waals surface area contributed by atoms with Gasteiger partial charge in [-0.15, -0.1) is 0 Å². The van der Waals surface area contributed by atoms with E-state index in [1.807, 2.05) is 0 Å². The largest absolute Gasteiger partial charge is 0.481 e. The number of aryl methyl sites for hydroxylation is 1. The molecule has 278 valence electrons. The maximum atomic E-state index is 14.6. The molecule has 11 nitrogen and oxygen atoms in total. The third kappa shape index (κ3) is 8.73. The Morgan fingerprint density at radius 3 is 2.15 bits per heavy atom. The number of hydrogen-bond acceptors (Lipinski definition) is 9. The van der Waals surface area contributed by atoms with E-state index in [-0.39, 0.29) is 65.6 Å². The average Bonchev–Trinajstić information content (AvgIpc) is 3.36. The fourth-order valence-corrected chi connectivity index (χ4v) is 5.66. The minimum Gasteiger partial charge on any atom is -0.481 e. The summed E-state index contributed by atoms with van der Waals surface area (Å²) in [7, 11) is 2.43. The molecule has 0 atom stereocenters. The zero-order valence-corrected chi connectivity index (χ0v) is 29.5. The molecule has 0 radical (unpaired) electrons. The number of hydrogen-bond donors (Lipinski definition) is 1. The maximum Gasteiger partial charge on any atom is 0.416 e. The monoisotopic (exact) mass is 736 g/mol. The standard InChI is InChI=1S/C38H36F4N4O7/c1-37(2,3)53-36(50)45(21-30-31(16-17-32(44-30)51-4)46-33(47)25-10-6-7-11-26(25)34(46)48)18-8-9-22-19-24(39)13-15-28(22)43-29-14-12-23(38(40,41)42)20-27(29)35(49)52-5/h6-7,10-17,19-20,43H,8-9,18,21H2,1-5H3. The number of ether oxygens (including phenoxy) is 3. The number of pyridine rings is 1. The number of nitrogens with one attached hydrogen (secondary N) is 1. The number of carbonyl (C=O) groups excluding carboxylic acids is 4. The molecule has 1 aromatic heterocycles. The lowest BCUT2D eigenvalue weighted by Crippen LogP contribution is -2.38. The van der Waals surface area contributed by atoms with E-state index < -0.39 is 47.0 Å². The van der Waals surface area contributed by atoms with Crippen LogP contribution in [-0.2, 0) is 28.6 Å². The van der Waals surface area contributed by atoms with Crippen LogP contribution in [-0.4, -0.2) is 60.1 Å². The molecule has 1 aliphatic rings. The number of benzene rings is 3. The minimum absolute atomic E-state index is 0.00197. The van der Waals surface area contributed by atoms with E-state index in [4.69, 9.17) is 14.2 Å². The molecule has 0 unspecified atom stereocenters. The van der Waals surface area contributed by atoms with Gasteiger partial charge in [0.25, 0.3) is 11.8 Å². The van der Waals surface area contributed by atoms with E-state index in [1.165, 1.54) is 36.3 Å². The van der Waals surface area contributed by atoms with Gasteiger partial charge in [0.2, 0.25) is 5.88 Å². The predicted molar refractivity (Wildman–Crippen MR) is 186 cm³/mol. The van der Waals surface area contributed by atoms with Gasteiger partial charge in [-0.2, -0.15) is 13.2 Å². The van der Waals surface area contributed by atoms with Crippen LogP contribution >= 0.6 is 0 Å². The summed E-state index contributed by atoms with van der Waals surface area (Å²) in [5.74, 6) is -2.56. The lowest BCUT2D eigenvalue weighted by molar-refractivity contribution is -0.137. The Kier molecular flexibility index (Phi) is 11.1. The normalized spacial score (nSPS) is 12.7. The minimum atomic E-state index is -4.71. The quantitative estimate of drug-likeness (QED) is 0.0927. The molecule has 1 N–H and O–H groups in total. The third-order valence-electron chi connectivity index (χ3n) is 8.12. The van der Waals surface area contributed by atoms with Gasteiger partial charge < -0.3 is 24.4 Å². The number of amides is 3. The molecule has 3 amide bonds. The molecule has 0 saturated heterocycles. The first kappa shape index (κ1) is 38.2. The van der Waals surface area contributed by atoms with Crippen LogP contribution in [0.2, 0.25) is 0 Å². The van der Waals surface area contributed by atoms with Gasteiger partial charge in [-0.05, 0) is 93.8 Å². The molecule has 1 aliphatic heterocycles. The van der Waals surface area contributed by atoms with Crippen molar-refractivity contribution in [3.05, 3.63) is 112 Å². The number of anilines is 3. The van der Waals surface area contributed by atoms with Crippen molar-refractivity contribution in [2.45, 2.75) is 51.9 Å². The lowest BCUT2D eigenvalue weighted by atomic mass is 10.0. The highest BCUT2D eigenvalue weighted by Crippen LogP contribution is 2.35. The van der Waals surface area contributed by atoms with Gasteiger partial charge in [0.15, 0.2) is 0 Å². The Hall–Kier alpha value is -5.99. The number of aromatic nitrogens is 1. The molecule has 2 heterocycles. The summed E-state index contributed by atoms with van der Waals surface area (Å²) in [5.41, 5.74) is -0.918. The van der Waals surface area contributed by atoms with Gasteiger partial charge in [-0.3, -0.25) is 9.59 Å². The van der Waals surface area contributed by atoms with Crippen LogP contribution in [0.5, 0.6) is 5.88 Å². The van der Waals surface area contributed by atoms with Crippen molar-refractivity contribution in [3.63, 3.8) is 0 Å². The van der Waals surface area contributed by atoms with Crippen molar-refractivity contribution in [1.29, 1.82) is 0 Å². The molecule has 0 aliphatic carbocycles. The second-order valence-electron chi connectivity index (χ2n) is 13.0. The van der Waals surface area contributed by atoms with E-state index in [9.17, 15) is 36.7 Å². The number of rotatable bonds is 11. The highest BCUT2D eigenvalue weighted by atomic mass is 19.4. The van der Waals surface area contributed by atoms with Crippen LogP contribution in [0.1, 0.15) is 75.1 Å². The Bertz CT molecular complexity index is 2030. The Morgan fingerprint density at radius 2 is 1.55 bits per heavy atom. The van der Waals surface area contributed by atoms with Gasteiger partial charge >= 0.3 is 18.2 Å². The molecule has 15 heteroatoms. The summed E-state index contributed by atoms with van der Waals surface area (Å²) >= 11 is 0. The number of methoxy groups -OCH3 is 2. The molecule has 0 spiro atoms. The van der Waals surface area contributed by atoms with Gasteiger partial charge in [-0.25, -0.2) is 23.9 Å². The topological polar surface area (TPSA) is 127 Å². The van der Waals surface area contributed by atoms with Crippen molar-refractivity contribution in [3.8, 4) is 5.88 Å². The highest BCUT2D eigenvalue weighted by molar-refractivity contribution is 6.34. The molecule has 5 rings (SSSR count). The molecule has 0 fully saturated rings. The predicted octanol–water partition coefficient (Wildman–Crippen LogP) is 7.95. The lowest BCUT2D eigenvalue weighted by Gasteiger charge is -2.28. The van der Waals surface area contributed by atoms with Gasteiger partial charge in [0.05, 0.1) is 60.1 Å². The van der Waals surface area contributed by atoms with Crippen molar-refractivity contribution < 1.29 is 51.0 Å². The van der Waals surface area contributed by atoms with Crippen molar-refractivity contribution in [2.24, 2.45) is 0 Å². The highest BCUT2D eigenvalue weighted by Gasteiger charge is 2.38. The second kappa shape index (κ2) is 15.3. The summed E-state index contributed by atoms with van der Waals surface area (Å²) in [5, 5.41) is 2.93. The first-order valence-electron chi connectivity index (χ1n) is 16.4. The fourth-order valence-electron chi connectivity index (χ4n) is 5.66. The first-order chi connectivity index (χ1) is 25.0. The molecule has 0 saturated carbocycles. The van der Waals surface area contributed by atoms with Gasteiger partial charge in [0.1, 0.15) is 11.4 Å². The second-order valence-corrected chi connectivity index (χ2v) is 13.0. The molecule has 53 heavy (non-hydrogen) atoms. The fraction of sp³-hybridized carbons (Fsp3) is 0.289. The smallest absolute Gasteiger partial charge is 0.416 e. The molecule has 3 aromatic carbocycles. The Labute approximate surface area is 302 Å². The number of imide groups is 1. The summed E-state index contributed by atoms with van der Waals surface area (Å²) in [6.07, 6.45) is -5.10.